The smallest absolute Gasteiger partial charge is 0.297 e. The number of aromatic nitrogens is 1. The molecular weight excluding hydrogens is 436 g/mol. The molecule has 1 aliphatic rings. The van der Waals surface area contributed by atoms with Gasteiger partial charge in [0.05, 0.1) is 23.8 Å². The van der Waals surface area contributed by atoms with Crippen molar-refractivity contribution < 1.29 is 13.9 Å². The van der Waals surface area contributed by atoms with Gasteiger partial charge in [0.2, 0.25) is 5.76 Å². The number of carbonyl (C=O) groups excluding carboxylic acids is 1. The molecule has 4 aromatic rings. The molecule has 31 heavy (non-hydrogen) atoms. The Bertz CT molecular complexity index is 1410. The summed E-state index contributed by atoms with van der Waals surface area (Å²) in [6, 6.07) is 11.4. The molecule has 6 nitrogen and oxygen atoms in total. The van der Waals surface area contributed by atoms with Crippen LogP contribution in [0.2, 0.25) is 5.02 Å². The highest BCUT2D eigenvalue weighted by Gasteiger charge is 2.46. The van der Waals surface area contributed by atoms with Gasteiger partial charge in [-0.3, -0.25) is 14.5 Å². The standard InChI is InChI=1S/C23H17ClN2O4S/c1-11-12(2)31-23(25-11)26-19(14-6-4-5-7-16(14)29-3)18-20(27)15-10-13(24)8-9-17(15)30-21(18)22(26)28/h4-10,19H,1-3H3/t19-/m0/s1. The summed E-state index contributed by atoms with van der Waals surface area (Å²) in [5.41, 5.74) is 1.79. The number of aryl methyl sites for hydroxylation is 2. The number of halogens is 1. The van der Waals surface area contributed by atoms with Crippen molar-refractivity contribution in [2.75, 3.05) is 12.0 Å². The van der Waals surface area contributed by atoms with Crippen LogP contribution in [0.25, 0.3) is 11.0 Å². The van der Waals surface area contributed by atoms with Gasteiger partial charge in [0.25, 0.3) is 5.91 Å². The van der Waals surface area contributed by atoms with Gasteiger partial charge in [-0.25, -0.2) is 4.98 Å². The van der Waals surface area contributed by atoms with Crippen LogP contribution < -0.4 is 15.1 Å². The lowest BCUT2D eigenvalue weighted by molar-refractivity contribution is 0.0971. The van der Waals surface area contributed by atoms with E-state index in [4.69, 9.17) is 20.8 Å². The number of rotatable bonds is 3. The van der Waals surface area contributed by atoms with E-state index >= 15 is 0 Å². The van der Waals surface area contributed by atoms with Crippen LogP contribution in [0.1, 0.15) is 38.3 Å². The number of fused-ring (bicyclic) bond motifs is 2. The van der Waals surface area contributed by atoms with Gasteiger partial charge in [0.15, 0.2) is 10.6 Å². The minimum absolute atomic E-state index is 0.0150. The number of anilines is 1. The van der Waals surface area contributed by atoms with Gasteiger partial charge < -0.3 is 9.15 Å². The minimum Gasteiger partial charge on any atom is -0.496 e. The topological polar surface area (TPSA) is 72.6 Å². The van der Waals surface area contributed by atoms with E-state index in [0.717, 1.165) is 10.6 Å². The Kier molecular flexibility index (Phi) is 4.60. The third kappa shape index (κ3) is 2.96. The molecule has 3 heterocycles. The molecule has 156 valence electrons. The highest BCUT2D eigenvalue weighted by Crippen LogP contribution is 2.45. The fourth-order valence-corrected chi connectivity index (χ4v) is 5.00. The average Bonchev–Trinajstić information content (AvgIpc) is 3.24. The van der Waals surface area contributed by atoms with Gasteiger partial charge >= 0.3 is 0 Å². The summed E-state index contributed by atoms with van der Waals surface area (Å²) in [6.07, 6.45) is 0. The number of benzene rings is 2. The van der Waals surface area contributed by atoms with Crippen molar-refractivity contribution >= 4 is 44.9 Å². The first kappa shape index (κ1) is 19.8. The number of amides is 1. The third-order valence-corrected chi connectivity index (χ3v) is 6.80. The molecule has 1 amide bonds. The predicted molar refractivity (Wildman–Crippen MR) is 121 cm³/mol. The van der Waals surface area contributed by atoms with Crippen molar-refractivity contribution in [3.05, 3.63) is 85.2 Å². The second-order valence-corrected chi connectivity index (χ2v) is 8.89. The highest BCUT2D eigenvalue weighted by molar-refractivity contribution is 7.15. The van der Waals surface area contributed by atoms with Crippen molar-refractivity contribution in [1.82, 2.24) is 4.98 Å². The Balaban J connectivity index is 1.85. The number of carbonyl (C=O) groups is 1. The van der Waals surface area contributed by atoms with Crippen LogP contribution in [-0.4, -0.2) is 18.0 Å². The number of hydrogen-bond donors (Lipinski definition) is 0. The van der Waals surface area contributed by atoms with Crippen LogP contribution >= 0.6 is 22.9 Å². The molecule has 8 heteroatoms. The molecule has 0 saturated heterocycles. The summed E-state index contributed by atoms with van der Waals surface area (Å²) in [5, 5.41) is 1.25. The zero-order valence-electron chi connectivity index (χ0n) is 16.9. The molecule has 0 bridgehead atoms. The Morgan fingerprint density at radius 2 is 1.94 bits per heavy atom. The lowest BCUT2D eigenvalue weighted by Gasteiger charge is -2.24. The molecule has 0 aliphatic carbocycles. The first-order chi connectivity index (χ1) is 14.9. The van der Waals surface area contributed by atoms with Crippen LogP contribution in [0.5, 0.6) is 5.75 Å². The highest BCUT2D eigenvalue weighted by atomic mass is 35.5. The van der Waals surface area contributed by atoms with Gasteiger partial charge in [0, 0.05) is 15.5 Å². The van der Waals surface area contributed by atoms with Gasteiger partial charge in [-0.15, -0.1) is 11.3 Å². The maximum Gasteiger partial charge on any atom is 0.297 e. The molecule has 1 atom stereocenters. The van der Waals surface area contributed by atoms with Crippen molar-refractivity contribution in [2.45, 2.75) is 19.9 Å². The molecule has 0 saturated carbocycles. The number of methoxy groups -OCH3 is 1. The minimum atomic E-state index is -0.733. The first-order valence-electron chi connectivity index (χ1n) is 9.57. The lowest BCUT2D eigenvalue weighted by atomic mass is 9.98. The van der Waals surface area contributed by atoms with Crippen molar-refractivity contribution in [3.63, 3.8) is 0 Å². The molecule has 2 aromatic heterocycles. The monoisotopic (exact) mass is 452 g/mol. The number of ether oxygens (including phenoxy) is 1. The number of hydrogen-bond acceptors (Lipinski definition) is 6. The molecule has 0 fully saturated rings. The van der Waals surface area contributed by atoms with Crippen LogP contribution in [0.4, 0.5) is 5.13 Å². The Hall–Kier alpha value is -3.16. The van der Waals surface area contributed by atoms with Crippen molar-refractivity contribution in [3.8, 4) is 5.75 Å². The Morgan fingerprint density at radius 1 is 1.16 bits per heavy atom. The second-order valence-electron chi connectivity index (χ2n) is 7.27. The SMILES string of the molecule is COc1ccccc1[C@H]1c2c(oc3ccc(Cl)cc3c2=O)C(=O)N1c1nc(C)c(C)s1. The van der Waals surface area contributed by atoms with E-state index in [1.165, 1.54) is 16.2 Å². The fourth-order valence-electron chi connectivity index (χ4n) is 3.89. The summed E-state index contributed by atoms with van der Waals surface area (Å²) in [6.45, 7) is 3.84. The van der Waals surface area contributed by atoms with E-state index in [-0.39, 0.29) is 16.8 Å². The zero-order valence-corrected chi connectivity index (χ0v) is 18.5. The summed E-state index contributed by atoms with van der Waals surface area (Å²) in [5.74, 6) is 0.170. The van der Waals surface area contributed by atoms with Crippen molar-refractivity contribution in [1.29, 1.82) is 0 Å². The summed E-state index contributed by atoms with van der Waals surface area (Å²) in [4.78, 5) is 34.3. The molecule has 2 aromatic carbocycles. The van der Waals surface area contributed by atoms with E-state index in [2.05, 4.69) is 4.98 Å². The normalized spacial score (nSPS) is 15.5. The molecule has 0 spiro atoms. The third-order valence-electron chi connectivity index (χ3n) is 5.49. The zero-order chi connectivity index (χ0) is 21.9. The maximum absolute atomic E-state index is 13.6. The molecule has 0 radical (unpaired) electrons. The van der Waals surface area contributed by atoms with E-state index in [1.54, 1.807) is 31.4 Å². The van der Waals surface area contributed by atoms with E-state index in [0.29, 0.717) is 32.4 Å². The van der Waals surface area contributed by atoms with Crippen LogP contribution in [0, 0.1) is 13.8 Å². The molecular formula is C23H17ClN2O4S. The maximum atomic E-state index is 13.6. The molecule has 5 rings (SSSR count). The summed E-state index contributed by atoms with van der Waals surface area (Å²) < 4.78 is 11.5. The van der Waals surface area contributed by atoms with Crippen LogP contribution in [0.15, 0.2) is 51.7 Å². The summed E-state index contributed by atoms with van der Waals surface area (Å²) in [7, 11) is 1.56. The van der Waals surface area contributed by atoms with Gasteiger partial charge in [-0.1, -0.05) is 29.8 Å². The molecule has 1 aliphatic heterocycles. The Labute approximate surface area is 186 Å². The Morgan fingerprint density at radius 3 is 2.65 bits per heavy atom. The van der Waals surface area contributed by atoms with Crippen LogP contribution in [-0.2, 0) is 0 Å². The quantitative estimate of drug-likeness (QED) is 0.423. The largest absolute Gasteiger partial charge is 0.496 e. The molecule has 0 unspecified atom stereocenters. The summed E-state index contributed by atoms with van der Waals surface area (Å²) >= 11 is 7.53. The first-order valence-corrected chi connectivity index (χ1v) is 10.8. The van der Waals surface area contributed by atoms with Gasteiger partial charge in [-0.05, 0) is 38.1 Å². The molecule has 0 N–H and O–H groups in total. The number of para-hydroxylation sites is 1. The fraction of sp³-hybridized carbons (Fsp3) is 0.174. The number of thiazole rings is 1. The van der Waals surface area contributed by atoms with Crippen molar-refractivity contribution in [2.24, 2.45) is 0 Å². The van der Waals surface area contributed by atoms with Gasteiger partial charge in [-0.2, -0.15) is 0 Å². The average molecular weight is 453 g/mol. The second kappa shape index (κ2) is 7.21. The van der Waals surface area contributed by atoms with E-state index in [9.17, 15) is 9.59 Å². The predicted octanol–water partition coefficient (Wildman–Crippen LogP) is 5.28. The van der Waals surface area contributed by atoms with Crippen LogP contribution in [0.3, 0.4) is 0 Å². The van der Waals surface area contributed by atoms with E-state index < -0.39 is 11.9 Å². The lowest BCUT2D eigenvalue weighted by Crippen LogP contribution is -2.29. The van der Waals surface area contributed by atoms with E-state index in [1.807, 2.05) is 32.0 Å². The van der Waals surface area contributed by atoms with Gasteiger partial charge in [0.1, 0.15) is 17.4 Å². The number of nitrogens with zero attached hydrogens (tertiary/aromatic N) is 2.